The van der Waals surface area contributed by atoms with E-state index in [-0.39, 0.29) is 5.56 Å². The van der Waals surface area contributed by atoms with E-state index in [0.717, 1.165) is 33.7 Å². The topological polar surface area (TPSA) is 49.0 Å². The monoisotopic (exact) mass is 389 g/mol. The van der Waals surface area contributed by atoms with Crippen molar-refractivity contribution in [1.29, 1.82) is 0 Å². The molecule has 2 heterocycles. The third-order valence-electron chi connectivity index (χ3n) is 4.96. The molecule has 0 aliphatic carbocycles. The van der Waals surface area contributed by atoms with Crippen molar-refractivity contribution in [2.24, 2.45) is 0 Å². The van der Waals surface area contributed by atoms with Gasteiger partial charge in [0.05, 0.1) is 11.9 Å². The number of rotatable bonds is 6. The SMILES string of the molecule is Cc1sc2nc(CN(Cc3ccccc3)Cc3ccccc3)[nH]c(=O)c2c1C. The number of nitrogens with zero attached hydrogens (tertiary/aromatic N) is 2. The van der Waals surface area contributed by atoms with Crippen molar-refractivity contribution >= 4 is 21.6 Å². The third-order valence-corrected chi connectivity index (χ3v) is 6.06. The summed E-state index contributed by atoms with van der Waals surface area (Å²) in [4.78, 5) is 24.7. The van der Waals surface area contributed by atoms with Crippen LogP contribution in [0.5, 0.6) is 0 Å². The maximum atomic E-state index is 12.6. The molecule has 28 heavy (non-hydrogen) atoms. The number of hydrogen-bond donors (Lipinski definition) is 1. The highest BCUT2D eigenvalue weighted by molar-refractivity contribution is 7.18. The van der Waals surface area contributed by atoms with E-state index in [4.69, 9.17) is 4.98 Å². The molecule has 0 unspecified atom stereocenters. The van der Waals surface area contributed by atoms with Crippen LogP contribution >= 0.6 is 11.3 Å². The van der Waals surface area contributed by atoms with Gasteiger partial charge in [-0.15, -0.1) is 11.3 Å². The highest BCUT2D eigenvalue weighted by atomic mass is 32.1. The van der Waals surface area contributed by atoms with Gasteiger partial charge in [0.15, 0.2) is 0 Å². The Kier molecular flexibility index (Phi) is 5.37. The molecule has 1 N–H and O–H groups in total. The molecule has 0 saturated carbocycles. The average Bonchev–Trinajstić information content (AvgIpc) is 2.97. The first kappa shape index (κ1) is 18.6. The molecule has 0 spiro atoms. The highest BCUT2D eigenvalue weighted by Crippen LogP contribution is 2.26. The van der Waals surface area contributed by atoms with Crippen molar-refractivity contribution in [2.45, 2.75) is 33.5 Å². The summed E-state index contributed by atoms with van der Waals surface area (Å²) in [5.41, 5.74) is 3.47. The molecule has 0 saturated heterocycles. The molecule has 2 aromatic heterocycles. The molecule has 0 fully saturated rings. The summed E-state index contributed by atoms with van der Waals surface area (Å²) in [6, 6.07) is 20.8. The van der Waals surface area contributed by atoms with E-state index in [9.17, 15) is 4.79 Å². The van der Waals surface area contributed by atoms with Crippen molar-refractivity contribution in [3.05, 3.63) is 98.4 Å². The molecule has 0 aliphatic heterocycles. The molecule has 0 bridgehead atoms. The lowest BCUT2D eigenvalue weighted by molar-refractivity contribution is 0.241. The number of benzene rings is 2. The number of hydrogen-bond acceptors (Lipinski definition) is 4. The normalized spacial score (nSPS) is 11.4. The Bertz CT molecular complexity index is 1090. The van der Waals surface area contributed by atoms with Gasteiger partial charge in [-0.1, -0.05) is 60.7 Å². The Morgan fingerprint density at radius 1 is 0.893 bits per heavy atom. The Balaban J connectivity index is 1.64. The highest BCUT2D eigenvalue weighted by Gasteiger charge is 2.14. The van der Waals surface area contributed by atoms with E-state index in [1.54, 1.807) is 11.3 Å². The summed E-state index contributed by atoms with van der Waals surface area (Å²) in [5, 5.41) is 0.726. The van der Waals surface area contributed by atoms with Crippen LogP contribution in [0, 0.1) is 13.8 Å². The van der Waals surface area contributed by atoms with E-state index < -0.39 is 0 Å². The Labute approximate surface area is 168 Å². The predicted molar refractivity (Wildman–Crippen MR) is 116 cm³/mol. The molecule has 142 valence electrons. The van der Waals surface area contributed by atoms with Crippen molar-refractivity contribution in [3.8, 4) is 0 Å². The van der Waals surface area contributed by atoms with Gasteiger partial charge >= 0.3 is 0 Å². The second-order valence-corrected chi connectivity index (χ2v) is 8.30. The van der Waals surface area contributed by atoms with Crippen molar-refractivity contribution in [3.63, 3.8) is 0 Å². The molecular formula is C23H23N3OS. The molecule has 5 heteroatoms. The molecule has 0 atom stereocenters. The van der Waals surface area contributed by atoms with E-state index in [1.807, 2.05) is 26.0 Å². The fraction of sp³-hybridized carbons (Fsp3) is 0.217. The van der Waals surface area contributed by atoms with Crippen LogP contribution in [0.15, 0.2) is 65.5 Å². The van der Waals surface area contributed by atoms with Gasteiger partial charge in [-0.2, -0.15) is 0 Å². The van der Waals surface area contributed by atoms with Crippen molar-refractivity contribution < 1.29 is 0 Å². The summed E-state index contributed by atoms with van der Waals surface area (Å²) >= 11 is 1.59. The minimum atomic E-state index is -0.0405. The van der Waals surface area contributed by atoms with Crippen LogP contribution in [-0.2, 0) is 19.6 Å². The third kappa shape index (κ3) is 4.06. The zero-order valence-corrected chi connectivity index (χ0v) is 16.9. The van der Waals surface area contributed by atoms with Gasteiger partial charge in [0.25, 0.3) is 5.56 Å². The summed E-state index contributed by atoms with van der Waals surface area (Å²) in [6.45, 7) is 6.20. The lowest BCUT2D eigenvalue weighted by Crippen LogP contribution is -2.25. The largest absolute Gasteiger partial charge is 0.309 e. The predicted octanol–water partition coefficient (Wildman–Crippen LogP) is 4.80. The maximum Gasteiger partial charge on any atom is 0.259 e. The summed E-state index contributed by atoms with van der Waals surface area (Å²) in [5.74, 6) is 0.714. The first-order valence-corrected chi connectivity index (χ1v) is 10.2. The van der Waals surface area contributed by atoms with Gasteiger partial charge in [-0.05, 0) is 30.5 Å². The first-order chi connectivity index (χ1) is 13.6. The zero-order chi connectivity index (χ0) is 19.5. The minimum Gasteiger partial charge on any atom is -0.309 e. The summed E-state index contributed by atoms with van der Waals surface area (Å²) in [6.07, 6.45) is 0. The second kappa shape index (κ2) is 8.09. The van der Waals surface area contributed by atoms with Gasteiger partial charge in [-0.3, -0.25) is 9.69 Å². The van der Waals surface area contributed by atoms with Gasteiger partial charge in [-0.25, -0.2) is 4.98 Å². The van der Waals surface area contributed by atoms with Crippen LogP contribution in [0.4, 0.5) is 0 Å². The van der Waals surface area contributed by atoms with Crippen LogP contribution < -0.4 is 5.56 Å². The van der Waals surface area contributed by atoms with Gasteiger partial charge < -0.3 is 4.98 Å². The smallest absolute Gasteiger partial charge is 0.259 e. The zero-order valence-electron chi connectivity index (χ0n) is 16.1. The quantitative estimate of drug-likeness (QED) is 0.515. The van der Waals surface area contributed by atoms with Crippen LogP contribution in [0.3, 0.4) is 0 Å². The molecule has 0 radical (unpaired) electrons. The molecule has 4 nitrogen and oxygen atoms in total. The van der Waals surface area contributed by atoms with Crippen LogP contribution in [0.2, 0.25) is 0 Å². The average molecular weight is 390 g/mol. The number of fused-ring (bicyclic) bond motifs is 1. The maximum absolute atomic E-state index is 12.6. The molecule has 0 aliphatic rings. The number of H-pyrrole nitrogens is 1. The van der Waals surface area contributed by atoms with Crippen LogP contribution in [-0.4, -0.2) is 14.9 Å². The number of nitrogens with one attached hydrogen (secondary N) is 1. The van der Waals surface area contributed by atoms with Crippen molar-refractivity contribution in [2.75, 3.05) is 0 Å². The Morgan fingerprint density at radius 2 is 1.46 bits per heavy atom. The molecule has 0 amide bonds. The van der Waals surface area contributed by atoms with E-state index in [0.29, 0.717) is 12.4 Å². The van der Waals surface area contributed by atoms with E-state index in [1.165, 1.54) is 11.1 Å². The molecule has 4 aromatic rings. The molecular weight excluding hydrogens is 366 g/mol. The Morgan fingerprint density at radius 3 is 2.04 bits per heavy atom. The number of aryl methyl sites for hydroxylation is 2. The van der Waals surface area contributed by atoms with E-state index in [2.05, 4.69) is 58.4 Å². The van der Waals surface area contributed by atoms with E-state index >= 15 is 0 Å². The minimum absolute atomic E-state index is 0.0405. The van der Waals surface area contributed by atoms with Gasteiger partial charge in [0, 0.05) is 18.0 Å². The fourth-order valence-electron chi connectivity index (χ4n) is 3.44. The Hall–Kier alpha value is -2.76. The first-order valence-electron chi connectivity index (χ1n) is 9.39. The number of thiophene rings is 1. The number of aromatic nitrogens is 2. The fourth-order valence-corrected chi connectivity index (χ4v) is 4.49. The van der Waals surface area contributed by atoms with Crippen LogP contribution in [0.25, 0.3) is 10.2 Å². The summed E-state index contributed by atoms with van der Waals surface area (Å²) < 4.78 is 0. The lowest BCUT2D eigenvalue weighted by Gasteiger charge is -2.22. The van der Waals surface area contributed by atoms with Gasteiger partial charge in [0.1, 0.15) is 10.7 Å². The lowest BCUT2D eigenvalue weighted by atomic mass is 10.1. The van der Waals surface area contributed by atoms with Crippen LogP contribution in [0.1, 0.15) is 27.4 Å². The molecule has 4 rings (SSSR count). The number of aromatic amines is 1. The summed E-state index contributed by atoms with van der Waals surface area (Å²) in [7, 11) is 0. The molecule has 2 aromatic carbocycles. The van der Waals surface area contributed by atoms with Crippen molar-refractivity contribution in [1.82, 2.24) is 14.9 Å². The second-order valence-electron chi connectivity index (χ2n) is 7.09. The standard InChI is InChI=1S/C23H23N3OS/c1-16-17(2)28-23-21(16)22(27)24-20(25-23)15-26(13-18-9-5-3-6-10-18)14-19-11-7-4-8-12-19/h3-12H,13-15H2,1-2H3,(H,24,25,27). The van der Waals surface area contributed by atoms with Gasteiger partial charge in [0.2, 0.25) is 0 Å².